The van der Waals surface area contributed by atoms with Crippen LogP contribution in [0.1, 0.15) is 46.2 Å². The van der Waals surface area contributed by atoms with Gasteiger partial charge in [0.1, 0.15) is 0 Å². The minimum Gasteiger partial charge on any atom is -0.308 e. The molecule has 2 bridgehead atoms. The maximum atomic E-state index is 4.41. The van der Waals surface area contributed by atoms with E-state index in [-0.39, 0.29) is 0 Å². The molecule has 0 radical (unpaired) electrons. The first-order valence-corrected chi connectivity index (χ1v) is 7.58. The second-order valence-electron chi connectivity index (χ2n) is 7.42. The van der Waals surface area contributed by atoms with Gasteiger partial charge in [0.25, 0.3) is 0 Å². The summed E-state index contributed by atoms with van der Waals surface area (Å²) in [6.07, 6.45) is 4.58. The molecule has 0 spiro atoms. The van der Waals surface area contributed by atoms with Gasteiger partial charge in [0, 0.05) is 18.8 Å². The average molecular weight is 258 g/mol. The van der Waals surface area contributed by atoms with E-state index in [1.807, 2.05) is 12.3 Å². The number of rotatable bonds is 3. The summed E-state index contributed by atoms with van der Waals surface area (Å²) in [7, 11) is 0. The molecule has 2 fully saturated rings. The number of hydrogen-bond acceptors (Lipinski definition) is 2. The highest BCUT2D eigenvalue weighted by molar-refractivity contribution is 5.15. The molecule has 19 heavy (non-hydrogen) atoms. The normalized spacial score (nSPS) is 39.7. The maximum absolute atomic E-state index is 4.41. The summed E-state index contributed by atoms with van der Waals surface area (Å²) < 4.78 is 0. The van der Waals surface area contributed by atoms with Crippen molar-refractivity contribution in [2.24, 2.45) is 22.7 Å². The Morgan fingerprint density at radius 2 is 2.11 bits per heavy atom. The third-order valence-corrected chi connectivity index (χ3v) is 6.35. The van der Waals surface area contributed by atoms with Gasteiger partial charge in [-0.1, -0.05) is 33.8 Å². The van der Waals surface area contributed by atoms with E-state index in [2.05, 4.69) is 50.1 Å². The number of nitrogens with one attached hydrogen (secondary N) is 1. The van der Waals surface area contributed by atoms with Crippen molar-refractivity contribution < 1.29 is 0 Å². The minimum atomic E-state index is 0.436. The van der Waals surface area contributed by atoms with Gasteiger partial charge < -0.3 is 5.32 Å². The van der Waals surface area contributed by atoms with Crippen molar-refractivity contribution in [2.75, 3.05) is 0 Å². The molecule has 2 aliphatic carbocycles. The number of aromatic nitrogens is 1. The lowest BCUT2D eigenvalue weighted by Gasteiger charge is -2.40. The molecule has 1 aromatic rings. The number of hydrogen-bond donors (Lipinski definition) is 1. The molecule has 0 amide bonds. The summed E-state index contributed by atoms with van der Waals surface area (Å²) >= 11 is 0. The Balaban J connectivity index is 1.71. The van der Waals surface area contributed by atoms with Crippen LogP contribution in [0, 0.1) is 22.7 Å². The van der Waals surface area contributed by atoms with E-state index in [0.29, 0.717) is 16.9 Å². The van der Waals surface area contributed by atoms with Gasteiger partial charge in [0.2, 0.25) is 0 Å². The van der Waals surface area contributed by atoms with Gasteiger partial charge in [-0.15, -0.1) is 0 Å². The minimum absolute atomic E-state index is 0.436. The molecule has 2 nitrogen and oxygen atoms in total. The molecule has 0 aromatic carbocycles. The molecule has 1 heterocycles. The van der Waals surface area contributed by atoms with Crippen molar-refractivity contribution in [1.82, 2.24) is 10.3 Å². The van der Waals surface area contributed by atoms with Gasteiger partial charge in [-0.3, -0.25) is 4.98 Å². The van der Waals surface area contributed by atoms with Crippen LogP contribution in [0.3, 0.4) is 0 Å². The summed E-state index contributed by atoms with van der Waals surface area (Å²) in [5.74, 6) is 1.76. The predicted molar refractivity (Wildman–Crippen MR) is 78.6 cm³/mol. The summed E-state index contributed by atoms with van der Waals surface area (Å²) in [5, 5.41) is 3.78. The molecule has 1 N–H and O–H groups in total. The maximum Gasteiger partial charge on any atom is 0.0541 e. The quantitative estimate of drug-likeness (QED) is 0.895. The fourth-order valence-electron chi connectivity index (χ4n) is 4.88. The van der Waals surface area contributed by atoms with E-state index in [1.54, 1.807) is 0 Å². The first kappa shape index (κ1) is 13.1. The van der Waals surface area contributed by atoms with E-state index in [4.69, 9.17) is 0 Å². The van der Waals surface area contributed by atoms with Crippen LogP contribution in [-0.2, 0) is 6.54 Å². The largest absolute Gasteiger partial charge is 0.308 e. The lowest BCUT2D eigenvalue weighted by Crippen LogP contribution is -2.44. The van der Waals surface area contributed by atoms with Crippen LogP contribution in [-0.4, -0.2) is 11.0 Å². The lowest BCUT2D eigenvalue weighted by molar-refractivity contribution is 0.119. The van der Waals surface area contributed by atoms with Crippen LogP contribution in [0.2, 0.25) is 0 Å². The lowest BCUT2D eigenvalue weighted by atomic mass is 9.69. The van der Waals surface area contributed by atoms with Crippen molar-refractivity contribution >= 4 is 0 Å². The molecule has 0 aliphatic heterocycles. The van der Waals surface area contributed by atoms with Crippen LogP contribution in [0.15, 0.2) is 24.4 Å². The topological polar surface area (TPSA) is 24.9 Å². The Labute approximate surface area is 117 Å². The fourth-order valence-corrected chi connectivity index (χ4v) is 4.88. The zero-order valence-electron chi connectivity index (χ0n) is 12.6. The summed E-state index contributed by atoms with van der Waals surface area (Å²) in [6, 6.07) is 6.80. The first-order chi connectivity index (χ1) is 8.95. The highest BCUT2D eigenvalue weighted by atomic mass is 15.0. The van der Waals surface area contributed by atoms with E-state index < -0.39 is 0 Å². The van der Waals surface area contributed by atoms with Gasteiger partial charge in [-0.25, -0.2) is 0 Å². The highest BCUT2D eigenvalue weighted by Crippen LogP contribution is 2.67. The standard InChI is InChI=1S/C17H26N2/c1-12-10-17(4)15(9-14(12)16(17,2)3)19-11-13-7-5-6-8-18-13/h5-8,12,14-15,19H,9-11H2,1-4H3/t12-,14?,15+,17?/m0/s1. The summed E-state index contributed by atoms with van der Waals surface area (Å²) in [5.41, 5.74) is 2.06. The van der Waals surface area contributed by atoms with Gasteiger partial charge in [0.15, 0.2) is 0 Å². The molecule has 2 unspecified atom stereocenters. The van der Waals surface area contributed by atoms with Crippen LogP contribution < -0.4 is 5.32 Å². The van der Waals surface area contributed by atoms with Gasteiger partial charge in [-0.05, 0) is 47.6 Å². The SMILES string of the molecule is C[C@H]1CC2(C)[C@H](NCc3ccccn3)CC1C2(C)C. The van der Waals surface area contributed by atoms with Crippen molar-refractivity contribution in [1.29, 1.82) is 0 Å². The van der Waals surface area contributed by atoms with Crippen LogP contribution >= 0.6 is 0 Å². The van der Waals surface area contributed by atoms with Gasteiger partial charge >= 0.3 is 0 Å². The third-order valence-electron chi connectivity index (χ3n) is 6.35. The van der Waals surface area contributed by atoms with Gasteiger partial charge in [0.05, 0.1) is 5.69 Å². The first-order valence-electron chi connectivity index (χ1n) is 7.58. The van der Waals surface area contributed by atoms with E-state index in [9.17, 15) is 0 Å². The Bertz CT molecular complexity index is 454. The molecular formula is C17H26N2. The smallest absolute Gasteiger partial charge is 0.0541 e. The zero-order valence-corrected chi connectivity index (χ0v) is 12.6. The molecule has 2 heteroatoms. The number of nitrogens with zero attached hydrogens (tertiary/aromatic N) is 1. The molecule has 2 aliphatic rings. The van der Waals surface area contributed by atoms with Gasteiger partial charge in [-0.2, -0.15) is 0 Å². The monoisotopic (exact) mass is 258 g/mol. The highest BCUT2D eigenvalue weighted by Gasteiger charge is 2.63. The Morgan fingerprint density at radius 3 is 2.63 bits per heavy atom. The van der Waals surface area contributed by atoms with E-state index in [1.165, 1.54) is 12.8 Å². The molecule has 0 saturated heterocycles. The second-order valence-corrected chi connectivity index (χ2v) is 7.42. The number of pyridine rings is 1. The zero-order chi connectivity index (χ0) is 13.7. The second kappa shape index (κ2) is 4.31. The Hall–Kier alpha value is -0.890. The predicted octanol–water partition coefficient (Wildman–Crippen LogP) is 3.63. The van der Waals surface area contributed by atoms with Crippen LogP contribution in [0.4, 0.5) is 0 Å². The average Bonchev–Trinajstić information content (AvgIpc) is 2.67. The van der Waals surface area contributed by atoms with Crippen LogP contribution in [0.25, 0.3) is 0 Å². The third kappa shape index (κ3) is 1.84. The van der Waals surface area contributed by atoms with E-state index >= 15 is 0 Å². The molecule has 1 aromatic heterocycles. The van der Waals surface area contributed by atoms with Crippen molar-refractivity contribution in [2.45, 2.75) is 53.1 Å². The Morgan fingerprint density at radius 1 is 1.32 bits per heavy atom. The summed E-state index contributed by atoms with van der Waals surface area (Å²) in [4.78, 5) is 4.41. The van der Waals surface area contributed by atoms with Crippen molar-refractivity contribution in [3.63, 3.8) is 0 Å². The molecule has 104 valence electrons. The summed E-state index contributed by atoms with van der Waals surface area (Å²) in [6.45, 7) is 10.8. The molecule has 3 rings (SSSR count). The molecule has 2 saturated carbocycles. The van der Waals surface area contributed by atoms with Crippen molar-refractivity contribution in [3.8, 4) is 0 Å². The molecular weight excluding hydrogens is 232 g/mol. The number of fused-ring (bicyclic) bond motifs is 2. The van der Waals surface area contributed by atoms with Crippen LogP contribution in [0.5, 0.6) is 0 Å². The fraction of sp³-hybridized carbons (Fsp3) is 0.706. The molecule has 4 atom stereocenters. The van der Waals surface area contributed by atoms with E-state index in [0.717, 1.165) is 24.1 Å². The van der Waals surface area contributed by atoms with Crippen molar-refractivity contribution in [3.05, 3.63) is 30.1 Å². The Kier molecular flexibility index (Phi) is 2.97.